The zero-order valence-electron chi connectivity index (χ0n) is 11.5. The molecule has 1 aromatic carbocycles. The van der Waals surface area contributed by atoms with Crippen molar-refractivity contribution < 1.29 is 9.47 Å². The van der Waals surface area contributed by atoms with Crippen LogP contribution in [0.3, 0.4) is 0 Å². The molecule has 1 N–H and O–H groups in total. The molecule has 3 rings (SSSR count). The fourth-order valence-corrected chi connectivity index (χ4v) is 2.99. The maximum Gasteiger partial charge on any atom is 0.231 e. The molecular weight excluding hydrogens is 262 g/mol. The number of hydrogen-bond acceptors (Lipinski definition) is 3. The average molecular weight is 282 g/mol. The standard InChI is InChI=1S/C15H20ClNO2/c1-10(2)15(3-4-15)8-17-7-11-5-12(16)14-13(6-11)18-9-19-14/h5-6,10,17H,3-4,7-9H2,1-2H3. The normalized spacial score (nSPS) is 18.9. The number of halogens is 1. The highest BCUT2D eigenvalue weighted by Crippen LogP contribution is 2.51. The van der Waals surface area contributed by atoms with Crippen LogP contribution in [0.4, 0.5) is 0 Å². The van der Waals surface area contributed by atoms with Crippen molar-refractivity contribution in [3.8, 4) is 11.5 Å². The fraction of sp³-hybridized carbons (Fsp3) is 0.600. The monoisotopic (exact) mass is 281 g/mol. The van der Waals surface area contributed by atoms with Gasteiger partial charge in [0, 0.05) is 13.1 Å². The van der Waals surface area contributed by atoms with Crippen molar-refractivity contribution in [3.63, 3.8) is 0 Å². The first-order chi connectivity index (χ1) is 9.11. The third-order valence-electron chi connectivity index (χ3n) is 4.41. The van der Waals surface area contributed by atoms with Crippen LogP contribution in [-0.2, 0) is 6.54 Å². The second kappa shape index (κ2) is 4.88. The number of benzene rings is 1. The van der Waals surface area contributed by atoms with Gasteiger partial charge in [-0.1, -0.05) is 25.4 Å². The summed E-state index contributed by atoms with van der Waals surface area (Å²) < 4.78 is 10.7. The summed E-state index contributed by atoms with van der Waals surface area (Å²) in [6, 6.07) is 3.97. The highest BCUT2D eigenvalue weighted by molar-refractivity contribution is 6.32. The second-order valence-corrected chi connectivity index (χ2v) is 6.34. The van der Waals surface area contributed by atoms with Gasteiger partial charge in [0.15, 0.2) is 11.5 Å². The van der Waals surface area contributed by atoms with Gasteiger partial charge in [-0.3, -0.25) is 0 Å². The van der Waals surface area contributed by atoms with E-state index >= 15 is 0 Å². The van der Waals surface area contributed by atoms with Gasteiger partial charge in [0.1, 0.15) is 0 Å². The van der Waals surface area contributed by atoms with Gasteiger partial charge < -0.3 is 14.8 Å². The molecule has 2 aliphatic rings. The summed E-state index contributed by atoms with van der Waals surface area (Å²) in [4.78, 5) is 0. The molecule has 1 aliphatic heterocycles. The predicted molar refractivity (Wildman–Crippen MR) is 75.8 cm³/mol. The third kappa shape index (κ3) is 2.54. The lowest BCUT2D eigenvalue weighted by atomic mass is 9.92. The van der Waals surface area contributed by atoms with Crippen LogP contribution in [0.25, 0.3) is 0 Å². The highest BCUT2D eigenvalue weighted by Gasteiger charge is 2.44. The molecule has 1 heterocycles. The van der Waals surface area contributed by atoms with E-state index in [1.54, 1.807) is 0 Å². The van der Waals surface area contributed by atoms with Gasteiger partial charge >= 0.3 is 0 Å². The summed E-state index contributed by atoms with van der Waals surface area (Å²) in [5, 5.41) is 4.19. The summed E-state index contributed by atoms with van der Waals surface area (Å²) >= 11 is 6.17. The average Bonchev–Trinajstić information content (AvgIpc) is 2.99. The van der Waals surface area contributed by atoms with Crippen LogP contribution in [0, 0.1) is 11.3 Å². The maximum absolute atomic E-state index is 6.17. The second-order valence-electron chi connectivity index (χ2n) is 5.93. The smallest absolute Gasteiger partial charge is 0.231 e. The van der Waals surface area contributed by atoms with E-state index in [1.165, 1.54) is 12.8 Å². The van der Waals surface area contributed by atoms with Crippen molar-refractivity contribution in [2.45, 2.75) is 33.2 Å². The quantitative estimate of drug-likeness (QED) is 0.895. The van der Waals surface area contributed by atoms with Gasteiger partial charge in [-0.25, -0.2) is 0 Å². The highest BCUT2D eigenvalue weighted by atomic mass is 35.5. The van der Waals surface area contributed by atoms with Crippen LogP contribution in [0.1, 0.15) is 32.3 Å². The van der Waals surface area contributed by atoms with Gasteiger partial charge in [-0.2, -0.15) is 0 Å². The molecule has 0 aromatic heterocycles. The number of fused-ring (bicyclic) bond motifs is 1. The van der Waals surface area contributed by atoms with Crippen LogP contribution in [0.2, 0.25) is 5.02 Å². The number of rotatable bonds is 5. The first kappa shape index (κ1) is 13.1. The van der Waals surface area contributed by atoms with Crippen molar-refractivity contribution in [3.05, 3.63) is 22.7 Å². The summed E-state index contributed by atoms with van der Waals surface area (Å²) in [6.07, 6.45) is 2.69. The van der Waals surface area contributed by atoms with Crippen molar-refractivity contribution in [1.29, 1.82) is 0 Å². The van der Waals surface area contributed by atoms with Crippen LogP contribution in [0.15, 0.2) is 12.1 Å². The molecule has 4 heteroatoms. The molecule has 0 saturated heterocycles. The fourth-order valence-electron chi connectivity index (χ4n) is 2.70. The predicted octanol–water partition coefficient (Wildman–Crippen LogP) is 3.59. The summed E-state index contributed by atoms with van der Waals surface area (Å²) in [7, 11) is 0. The minimum absolute atomic E-state index is 0.266. The van der Waals surface area contributed by atoms with Crippen molar-refractivity contribution in [2.24, 2.45) is 11.3 Å². The molecule has 0 bridgehead atoms. The number of nitrogens with one attached hydrogen (secondary N) is 1. The molecule has 0 amide bonds. The van der Waals surface area contributed by atoms with E-state index in [9.17, 15) is 0 Å². The Balaban J connectivity index is 1.60. The molecule has 1 aromatic rings. The Morgan fingerprint density at radius 2 is 2.11 bits per heavy atom. The maximum atomic E-state index is 6.17. The van der Waals surface area contributed by atoms with Gasteiger partial charge in [0.05, 0.1) is 5.02 Å². The van der Waals surface area contributed by atoms with E-state index in [0.717, 1.165) is 30.3 Å². The van der Waals surface area contributed by atoms with E-state index < -0.39 is 0 Å². The lowest BCUT2D eigenvalue weighted by Gasteiger charge is -2.20. The molecule has 19 heavy (non-hydrogen) atoms. The SMILES string of the molecule is CC(C)C1(CNCc2cc(Cl)c3c(c2)OCO3)CC1. The van der Waals surface area contributed by atoms with Crippen molar-refractivity contribution in [2.75, 3.05) is 13.3 Å². The van der Waals surface area contributed by atoms with E-state index in [2.05, 4.69) is 19.2 Å². The Morgan fingerprint density at radius 3 is 2.79 bits per heavy atom. The molecule has 1 saturated carbocycles. The van der Waals surface area contributed by atoms with Crippen LogP contribution in [0.5, 0.6) is 11.5 Å². The minimum Gasteiger partial charge on any atom is -0.454 e. The largest absolute Gasteiger partial charge is 0.454 e. The molecule has 1 fully saturated rings. The molecule has 0 unspecified atom stereocenters. The Labute approximate surface area is 119 Å². The summed E-state index contributed by atoms with van der Waals surface area (Å²) in [5.74, 6) is 2.18. The summed E-state index contributed by atoms with van der Waals surface area (Å²) in [5.41, 5.74) is 1.67. The molecule has 0 radical (unpaired) electrons. The van der Waals surface area contributed by atoms with E-state index in [0.29, 0.717) is 16.2 Å². The number of hydrogen-bond donors (Lipinski definition) is 1. The lowest BCUT2D eigenvalue weighted by Crippen LogP contribution is -2.27. The molecule has 0 spiro atoms. The van der Waals surface area contributed by atoms with Gasteiger partial charge in [-0.15, -0.1) is 0 Å². The van der Waals surface area contributed by atoms with Crippen molar-refractivity contribution >= 4 is 11.6 Å². The van der Waals surface area contributed by atoms with Gasteiger partial charge in [-0.05, 0) is 41.9 Å². The Morgan fingerprint density at radius 1 is 1.32 bits per heavy atom. The van der Waals surface area contributed by atoms with Crippen LogP contribution in [-0.4, -0.2) is 13.3 Å². The first-order valence-electron chi connectivity index (χ1n) is 6.89. The van der Waals surface area contributed by atoms with E-state index in [4.69, 9.17) is 21.1 Å². The topological polar surface area (TPSA) is 30.5 Å². The molecule has 104 valence electrons. The number of ether oxygens (including phenoxy) is 2. The first-order valence-corrected chi connectivity index (χ1v) is 7.27. The Hall–Kier alpha value is -0.930. The lowest BCUT2D eigenvalue weighted by molar-refractivity contribution is 0.174. The molecule has 1 aliphatic carbocycles. The third-order valence-corrected chi connectivity index (χ3v) is 4.69. The van der Waals surface area contributed by atoms with E-state index in [1.807, 2.05) is 12.1 Å². The molecule has 0 atom stereocenters. The van der Waals surface area contributed by atoms with Crippen LogP contribution < -0.4 is 14.8 Å². The summed E-state index contributed by atoms with van der Waals surface area (Å²) in [6.45, 7) is 6.79. The van der Waals surface area contributed by atoms with E-state index in [-0.39, 0.29) is 6.79 Å². The minimum atomic E-state index is 0.266. The Kier molecular flexibility index (Phi) is 3.35. The zero-order valence-corrected chi connectivity index (χ0v) is 12.2. The van der Waals surface area contributed by atoms with Crippen molar-refractivity contribution in [1.82, 2.24) is 5.32 Å². The van der Waals surface area contributed by atoms with Gasteiger partial charge in [0.2, 0.25) is 6.79 Å². The zero-order chi connectivity index (χ0) is 13.5. The van der Waals surface area contributed by atoms with Gasteiger partial charge in [0.25, 0.3) is 0 Å². The molecule has 3 nitrogen and oxygen atoms in total. The molecular formula is C15H20ClNO2. The Bertz CT molecular complexity index is 483. The van der Waals surface area contributed by atoms with Crippen LogP contribution >= 0.6 is 11.6 Å².